The second kappa shape index (κ2) is 6.39. The standard InChI is InChI=1S/C14H14N2O3/c17-13-6-7-15-10-12(13)14(18)16-8-9-19-11-4-2-1-3-5-11/h1-7,10H,8-9H2,(H,15,17)(H,16,18). The van der Waals surface area contributed by atoms with Gasteiger partial charge >= 0.3 is 0 Å². The summed E-state index contributed by atoms with van der Waals surface area (Å²) in [4.78, 5) is 25.8. The number of benzene rings is 1. The summed E-state index contributed by atoms with van der Waals surface area (Å²) in [6.07, 6.45) is 2.87. The maximum absolute atomic E-state index is 11.7. The van der Waals surface area contributed by atoms with Crippen molar-refractivity contribution in [3.05, 3.63) is 64.6 Å². The van der Waals surface area contributed by atoms with Gasteiger partial charge in [0.15, 0.2) is 5.43 Å². The number of hydrogen-bond acceptors (Lipinski definition) is 3. The topological polar surface area (TPSA) is 71.2 Å². The van der Waals surface area contributed by atoms with Crippen LogP contribution in [0.15, 0.2) is 53.6 Å². The SMILES string of the molecule is O=C(NCCOc1ccccc1)c1c[nH]ccc1=O. The molecule has 0 aliphatic carbocycles. The monoisotopic (exact) mass is 258 g/mol. The number of carbonyl (C=O) groups excluding carboxylic acids is 1. The third-order valence-electron chi connectivity index (χ3n) is 2.47. The summed E-state index contributed by atoms with van der Waals surface area (Å²) in [6, 6.07) is 10.6. The van der Waals surface area contributed by atoms with Crippen molar-refractivity contribution in [2.45, 2.75) is 0 Å². The zero-order chi connectivity index (χ0) is 13.5. The summed E-state index contributed by atoms with van der Waals surface area (Å²) in [5, 5.41) is 2.63. The molecule has 0 bridgehead atoms. The van der Waals surface area contributed by atoms with Gasteiger partial charge in [0.25, 0.3) is 5.91 Å². The zero-order valence-electron chi connectivity index (χ0n) is 10.3. The van der Waals surface area contributed by atoms with E-state index in [0.717, 1.165) is 5.75 Å². The van der Waals surface area contributed by atoms with Crippen LogP contribution in [0.4, 0.5) is 0 Å². The second-order valence-corrected chi connectivity index (χ2v) is 3.84. The second-order valence-electron chi connectivity index (χ2n) is 3.84. The first-order chi connectivity index (χ1) is 9.27. The quantitative estimate of drug-likeness (QED) is 0.791. The predicted molar refractivity (Wildman–Crippen MR) is 71.3 cm³/mol. The van der Waals surface area contributed by atoms with Gasteiger partial charge < -0.3 is 15.0 Å². The fraction of sp³-hybridized carbons (Fsp3) is 0.143. The van der Waals surface area contributed by atoms with E-state index in [1.165, 1.54) is 18.5 Å². The molecule has 1 amide bonds. The van der Waals surface area contributed by atoms with Gasteiger partial charge in [-0.25, -0.2) is 0 Å². The van der Waals surface area contributed by atoms with Crippen LogP contribution in [0.25, 0.3) is 0 Å². The van der Waals surface area contributed by atoms with Gasteiger partial charge in [0.05, 0.1) is 6.54 Å². The number of pyridine rings is 1. The third kappa shape index (κ3) is 3.70. The lowest BCUT2D eigenvalue weighted by molar-refractivity contribution is 0.0945. The molecule has 0 unspecified atom stereocenters. The molecule has 5 nitrogen and oxygen atoms in total. The maximum atomic E-state index is 11.7. The van der Waals surface area contributed by atoms with E-state index in [2.05, 4.69) is 10.3 Å². The van der Waals surface area contributed by atoms with Crippen molar-refractivity contribution in [2.75, 3.05) is 13.2 Å². The highest BCUT2D eigenvalue weighted by Crippen LogP contribution is 2.07. The number of H-pyrrole nitrogens is 1. The lowest BCUT2D eigenvalue weighted by Crippen LogP contribution is -2.31. The largest absolute Gasteiger partial charge is 0.492 e. The fourth-order valence-corrected chi connectivity index (χ4v) is 1.54. The Labute approximate surface area is 110 Å². The minimum absolute atomic E-state index is 0.0993. The number of para-hydroxylation sites is 1. The summed E-state index contributed by atoms with van der Waals surface area (Å²) in [5.74, 6) is 0.341. The Kier molecular flexibility index (Phi) is 4.34. The summed E-state index contributed by atoms with van der Waals surface area (Å²) in [6.45, 7) is 0.683. The van der Waals surface area contributed by atoms with Crippen molar-refractivity contribution in [3.8, 4) is 5.75 Å². The summed E-state index contributed by atoms with van der Waals surface area (Å²) in [5.41, 5.74) is -0.206. The summed E-state index contributed by atoms with van der Waals surface area (Å²) < 4.78 is 5.42. The molecule has 0 atom stereocenters. The molecule has 1 aromatic heterocycles. The van der Waals surface area contributed by atoms with Crippen molar-refractivity contribution in [1.29, 1.82) is 0 Å². The van der Waals surface area contributed by atoms with Crippen molar-refractivity contribution in [2.24, 2.45) is 0 Å². The summed E-state index contributed by atoms with van der Waals surface area (Å²) >= 11 is 0. The van der Waals surface area contributed by atoms with Crippen LogP contribution in [0.3, 0.4) is 0 Å². The number of aromatic amines is 1. The highest BCUT2D eigenvalue weighted by atomic mass is 16.5. The third-order valence-corrected chi connectivity index (χ3v) is 2.47. The van der Waals surface area contributed by atoms with Gasteiger partial charge in [-0.05, 0) is 12.1 Å². The Hall–Kier alpha value is -2.56. The van der Waals surface area contributed by atoms with Crippen LogP contribution in [0.2, 0.25) is 0 Å². The summed E-state index contributed by atoms with van der Waals surface area (Å²) in [7, 11) is 0. The molecule has 2 rings (SSSR count). The number of carbonyl (C=O) groups is 1. The van der Waals surface area contributed by atoms with E-state index >= 15 is 0 Å². The Morgan fingerprint density at radius 3 is 2.74 bits per heavy atom. The molecule has 0 aliphatic rings. The molecule has 0 aliphatic heterocycles. The fourth-order valence-electron chi connectivity index (χ4n) is 1.54. The first kappa shape index (κ1) is 12.9. The van der Waals surface area contributed by atoms with Gasteiger partial charge in [-0.1, -0.05) is 18.2 Å². The lowest BCUT2D eigenvalue weighted by Gasteiger charge is -2.07. The van der Waals surface area contributed by atoms with Crippen LogP contribution in [-0.2, 0) is 0 Å². The molecule has 0 fully saturated rings. The highest BCUT2D eigenvalue weighted by Gasteiger charge is 2.08. The van der Waals surface area contributed by atoms with Gasteiger partial charge in [-0.3, -0.25) is 9.59 Å². The first-order valence-electron chi connectivity index (χ1n) is 5.90. The normalized spacial score (nSPS) is 9.89. The molecule has 2 N–H and O–H groups in total. The van der Waals surface area contributed by atoms with Crippen LogP contribution >= 0.6 is 0 Å². The molecule has 98 valence electrons. The molecular weight excluding hydrogens is 244 g/mol. The van der Waals surface area contributed by atoms with E-state index in [-0.39, 0.29) is 11.0 Å². The average molecular weight is 258 g/mol. The Balaban J connectivity index is 1.79. The Morgan fingerprint density at radius 2 is 2.00 bits per heavy atom. The van der Waals surface area contributed by atoms with Gasteiger partial charge in [0, 0.05) is 18.5 Å². The smallest absolute Gasteiger partial charge is 0.256 e. The predicted octanol–water partition coefficient (Wildman–Crippen LogP) is 1.18. The molecule has 1 heterocycles. The number of amides is 1. The van der Waals surface area contributed by atoms with Crippen LogP contribution < -0.4 is 15.5 Å². The van der Waals surface area contributed by atoms with Crippen LogP contribution in [0, 0.1) is 0 Å². The van der Waals surface area contributed by atoms with Gasteiger partial charge in [0.1, 0.15) is 17.9 Å². The average Bonchev–Trinajstić information content (AvgIpc) is 2.45. The molecule has 0 spiro atoms. The lowest BCUT2D eigenvalue weighted by atomic mass is 10.2. The minimum Gasteiger partial charge on any atom is -0.492 e. The number of hydrogen-bond donors (Lipinski definition) is 2. The Morgan fingerprint density at radius 1 is 1.21 bits per heavy atom. The number of nitrogens with one attached hydrogen (secondary N) is 2. The van der Waals surface area contributed by atoms with E-state index in [9.17, 15) is 9.59 Å². The van der Waals surface area contributed by atoms with Crippen molar-refractivity contribution >= 4 is 5.91 Å². The molecule has 5 heteroatoms. The molecule has 0 saturated carbocycles. The zero-order valence-corrected chi connectivity index (χ0v) is 10.3. The van der Waals surface area contributed by atoms with Crippen LogP contribution in [0.1, 0.15) is 10.4 Å². The van der Waals surface area contributed by atoms with E-state index in [0.29, 0.717) is 13.2 Å². The van der Waals surface area contributed by atoms with Crippen molar-refractivity contribution < 1.29 is 9.53 Å². The van der Waals surface area contributed by atoms with Crippen LogP contribution in [0.5, 0.6) is 5.75 Å². The van der Waals surface area contributed by atoms with E-state index < -0.39 is 5.91 Å². The molecule has 19 heavy (non-hydrogen) atoms. The molecule has 0 saturated heterocycles. The number of rotatable bonds is 5. The van der Waals surface area contributed by atoms with Crippen molar-refractivity contribution in [3.63, 3.8) is 0 Å². The van der Waals surface area contributed by atoms with Crippen LogP contribution in [-0.4, -0.2) is 24.0 Å². The van der Waals surface area contributed by atoms with Gasteiger partial charge in [-0.15, -0.1) is 0 Å². The first-order valence-corrected chi connectivity index (χ1v) is 5.90. The van der Waals surface area contributed by atoms with Gasteiger partial charge in [-0.2, -0.15) is 0 Å². The van der Waals surface area contributed by atoms with E-state index in [4.69, 9.17) is 4.74 Å². The molecule has 2 aromatic rings. The number of ether oxygens (including phenoxy) is 1. The van der Waals surface area contributed by atoms with E-state index in [1.54, 1.807) is 0 Å². The number of aromatic nitrogens is 1. The minimum atomic E-state index is -0.404. The van der Waals surface area contributed by atoms with Crippen molar-refractivity contribution in [1.82, 2.24) is 10.3 Å². The van der Waals surface area contributed by atoms with Gasteiger partial charge in [0.2, 0.25) is 0 Å². The van der Waals surface area contributed by atoms with E-state index in [1.807, 2.05) is 30.3 Å². The Bertz CT molecular complexity index is 593. The molecule has 1 aromatic carbocycles. The molecule has 0 radical (unpaired) electrons. The highest BCUT2D eigenvalue weighted by molar-refractivity contribution is 5.93. The maximum Gasteiger partial charge on any atom is 0.256 e. The molecular formula is C14H14N2O3.